The Hall–Kier alpha value is -1.40. The molecule has 0 atom stereocenters. The van der Waals surface area contributed by atoms with Gasteiger partial charge in [-0.15, -0.1) is 0 Å². The molecule has 23 heavy (non-hydrogen) atoms. The summed E-state index contributed by atoms with van der Waals surface area (Å²) in [4.78, 5) is 16.2. The SMILES string of the molecule is CCN(C)c1ccnc(NCC2(CN3CCN(C)CC3)CC2)n1. The maximum Gasteiger partial charge on any atom is 0.224 e. The summed E-state index contributed by atoms with van der Waals surface area (Å²) in [6, 6.07) is 1.96. The van der Waals surface area contributed by atoms with Gasteiger partial charge in [-0.1, -0.05) is 0 Å². The first-order valence-corrected chi connectivity index (χ1v) is 8.79. The van der Waals surface area contributed by atoms with Crippen LogP contribution in [0.5, 0.6) is 0 Å². The number of anilines is 2. The van der Waals surface area contributed by atoms with E-state index in [2.05, 4.69) is 51.0 Å². The highest BCUT2D eigenvalue weighted by Gasteiger charge is 2.44. The Morgan fingerprint density at radius 3 is 2.65 bits per heavy atom. The Morgan fingerprint density at radius 1 is 1.26 bits per heavy atom. The van der Waals surface area contributed by atoms with Crippen molar-refractivity contribution in [3.8, 4) is 0 Å². The van der Waals surface area contributed by atoms with Gasteiger partial charge < -0.3 is 20.0 Å². The average molecular weight is 318 g/mol. The van der Waals surface area contributed by atoms with Crippen LogP contribution in [0, 0.1) is 5.41 Å². The number of piperazine rings is 1. The van der Waals surface area contributed by atoms with Crippen LogP contribution in [0.15, 0.2) is 12.3 Å². The summed E-state index contributed by atoms with van der Waals surface area (Å²) in [5, 5.41) is 3.48. The molecule has 128 valence electrons. The predicted octanol–water partition coefficient (Wildman–Crippen LogP) is 1.37. The lowest BCUT2D eigenvalue weighted by molar-refractivity contribution is 0.133. The van der Waals surface area contributed by atoms with Crippen LogP contribution in [0.2, 0.25) is 0 Å². The lowest BCUT2D eigenvalue weighted by Crippen LogP contribution is -2.47. The van der Waals surface area contributed by atoms with Gasteiger partial charge in [-0.2, -0.15) is 4.98 Å². The molecule has 0 radical (unpaired) electrons. The number of hydrogen-bond donors (Lipinski definition) is 1. The van der Waals surface area contributed by atoms with Crippen LogP contribution in [-0.2, 0) is 0 Å². The van der Waals surface area contributed by atoms with E-state index in [-0.39, 0.29) is 0 Å². The standard InChI is InChI=1S/C17H30N6/c1-4-22(3)15-5-8-18-16(20-15)19-13-17(6-7-17)14-23-11-9-21(2)10-12-23/h5,8H,4,6-7,9-14H2,1-3H3,(H,18,19,20). The Morgan fingerprint density at radius 2 is 2.00 bits per heavy atom. The van der Waals surface area contributed by atoms with Crippen LogP contribution in [0.1, 0.15) is 19.8 Å². The van der Waals surface area contributed by atoms with Crippen molar-refractivity contribution in [1.29, 1.82) is 0 Å². The van der Waals surface area contributed by atoms with Gasteiger partial charge in [0.2, 0.25) is 5.95 Å². The number of likely N-dealkylation sites (N-methyl/N-ethyl adjacent to an activating group) is 1. The second kappa shape index (κ2) is 7.01. The molecule has 3 rings (SSSR count). The fraction of sp³-hybridized carbons (Fsp3) is 0.765. The molecule has 1 aliphatic heterocycles. The van der Waals surface area contributed by atoms with Gasteiger partial charge in [0.25, 0.3) is 0 Å². The van der Waals surface area contributed by atoms with Gasteiger partial charge >= 0.3 is 0 Å². The van der Waals surface area contributed by atoms with Crippen molar-refractivity contribution in [1.82, 2.24) is 19.8 Å². The molecule has 0 unspecified atom stereocenters. The van der Waals surface area contributed by atoms with Crippen LogP contribution >= 0.6 is 0 Å². The first-order chi connectivity index (χ1) is 11.1. The molecule has 6 heteroatoms. The third-order valence-corrected chi connectivity index (χ3v) is 5.24. The van der Waals surface area contributed by atoms with E-state index in [1.54, 1.807) is 0 Å². The quantitative estimate of drug-likeness (QED) is 0.819. The lowest BCUT2D eigenvalue weighted by atomic mass is 10.1. The fourth-order valence-electron chi connectivity index (χ4n) is 3.12. The van der Waals surface area contributed by atoms with Crippen LogP contribution in [0.25, 0.3) is 0 Å². The summed E-state index contributed by atoms with van der Waals surface area (Å²) in [5.41, 5.74) is 0.436. The third kappa shape index (κ3) is 4.32. The molecule has 0 spiro atoms. The molecule has 1 N–H and O–H groups in total. The van der Waals surface area contributed by atoms with Crippen molar-refractivity contribution in [2.24, 2.45) is 5.41 Å². The largest absolute Gasteiger partial charge is 0.360 e. The summed E-state index contributed by atoms with van der Waals surface area (Å²) < 4.78 is 0. The van der Waals surface area contributed by atoms with E-state index in [1.165, 1.54) is 45.6 Å². The monoisotopic (exact) mass is 318 g/mol. The predicted molar refractivity (Wildman–Crippen MR) is 95.1 cm³/mol. The van der Waals surface area contributed by atoms with E-state index >= 15 is 0 Å². The average Bonchev–Trinajstić information content (AvgIpc) is 3.35. The summed E-state index contributed by atoms with van der Waals surface area (Å²) in [6.07, 6.45) is 4.48. The third-order valence-electron chi connectivity index (χ3n) is 5.24. The van der Waals surface area contributed by atoms with Crippen LogP contribution in [0.3, 0.4) is 0 Å². The second-order valence-corrected chi connectivity index (χ2v) is 7.19. The van der Waals surface area contributed by atoms with Crippen molar-refractivity contribution in [3.05, 3.63) is 12.3 Å². The summed E-state index contributed by atoms with van der Waals surface area (Å²) in [6.45, 7) is 10.1. The smallest absolute Gasteiger partial charge is 0.224 e. The van der Waals surface area contributed by atoms with E-state index < -0.39 is 0 Å². The number of rotatable bonds is 7. The van der Waals surface area contributed by atoms with Crippen molar-refractivity contribution in [2.45, 2.75) is 19.8 Å². The molecule has 2 heterocycles. The van der Waals surface area contributed by atoms with Crippen molar-refractivity contribution in [2.75, 3.05) is 70.1 Å². The molecule has 2 fully saturated rings. The minimum Gasteiger partial charge on any atom is -0.360 e. The highest BCUT2D eigenvalue weighted by atomic mass is 15.3. The number of nitrogens with one attached hydrogen (secondary N) is 1. The zero-order valence-corrected chi connectivity index (χ0v) is 14.8. The van der Waals surface area contributed by atoms with Gasteiger partial charge in [0, 0.05) is 64.5 Å². The topological polar surface area (TPSA) is 47.5 Å². The molecule has 6 nitrogen and oxygen atoms in total. The number of aromatic nitrogens is 2. The number of hydrogen-bond acceptors (Lipinski definition) is 6. The first-order valence-electron chi connectivity index (χ1n) is 8.79. The molecular formula is C17H30N6. The Labute approximate surface area is 139 Å². The molecule has 1 aromatic heterocycles. The van der Waals surface area contributed by atoms with Gasteiger partial charge in [0.15, 0.2) is 0 Å². The zero-order chi connectivity index (χ0) is 16.3. The van der Waals surface area contributed by atoms with Gasteiger partial charge in [0.05, 0.1) is 0 Å². The lowest BCUT2D eigenvalue weighted by Gasteiger charge is -2.34. The van der Waals surface area contributed by atoms with Crippen LogP contribution < -0.4 is 10.2 Å². The fourth-order valence-corrected chi connectivity index (χ4v) is 3.12. The molecule has 0 bridgehead atoms. The second-order valence-electron chi connectivity index (χ2n) is 7.19. The maximum atomic E-state index is 4.61. The van der Waals surface area contributed by atoms with Gasteiger partial charge in [0.1, 0.15) is 5.82 Å². The van der Waals surface area contributed by atoms with Gasteiger partial charge in [-0.3, -0.25) is 0 Å². The highest BCUT2D eigenvalue weighted by molar-refractivity contribution is 5.41. The molecule has 1 aliphatic carbocycles. The minimum atomic E-state index is 0.436. The van der Waals surface area contributed by atoms with Gasteiger partial charge in [-0.05, 0) is 32.9 Å². The van der Waals surface area contributed by atoms with Crippen molar-refractivity contribution < 1.29 is 0 Å². The van der Waals surface area contributed by atoms with E-state index in [0.29, 0.717) is 5.41 Å². The first kappa shape index (κ1) is 16.5. The van der Waals surface area contributed by atoms with E-state index in [4.69, 9.17) is 0 Å². The van der Waals surface area contributed by atoms with Crippen LogP contribution in [0.4, 0.5) is 11.8 Å². The highest BCUT2D eigenvalue weighted by Crippen LogP contribution is 2.46. The summed E-state index contributed by atoms with van der Waals surface area (Å²) in [7, 11) is 4.27. The molecule has 1 saturated carbocycles. The van der Waals surface area contributed by atoms with E-state index in [9.17, 15) is 0 Å². The Kier molecular flexibility index (Phi) is 5.02. The zero-order valence-electron chi connectivity index (χ0n) is 14.8. The summed E-state index contributed by atoms with van der Waals surface area (Å²) >= 11 is 0. The Bertz CT molecular complexity index is 508. The van der Waals surface area contributed by atoms with Crippen LogP contribution in [-0.4, -0.2) is 79.7 Å². The van der Waals surface area contributed by atoms with Gasteiger partial charge in [-0.25, -0.2) is 4.98 Å². The van der Waals surface area contributed by atoms with E-state index in [0.717, 1.165) is 24.9 Å². The van der Waals surface area contributed by atoms with Crippen molar-refractivity contribution >= 4 is 11.8 Å². The molecular weight excluding hydrogens is 288 g/mol. The molecule has 0 aromatic carbocycles. The summed E-state index contributed by atoms with van der Waals surface area (Å²) in [5.74, 6) is 1.74. The molecule has 0 amide bonds. The normalized spacial score (nSPS) is 21.2. The Balaban J connectivity index is 1.51. The minimum absolute atomic E-state index is 0.436. The molecule has 1 saturated heterocycles. The van der Waals surface area contributed by atoms with Crippen molar-refractivity contribution in [3.63, 3.8) is 0 Å². The van der Waals surface area contributed by atoms with E-state index in [1.807, 2.05) is 12.3 Å². The number of nitrogens with zero attached hydrogens (tertiary/aromatic N) is 5. The molecule has 1 aromatic rings. The molecule has 2 aliphatic rings. The maximum absolute atomic E-state index is 4.61.